The molecule has 0 aromatic heterocycles. The third-order valence-corrected chi connectivity index (χ3v) is 3.03. The molecule has 0 atom stereocenters. The quantitative estimate of drug-likeness (QED) is 0.622. The molecule has 0 unspecified atom stereocenters. The van der Waals surface area contributed by atoms with Gasteiger partial charge in [-0.2, -0.15) is 8.78 Å². The first-order chi connectivity index (χ1) is 8.96. The fraction of sp³-hybridized carbons (Fsp3) is 0.0667. The number of alkyl halides is 3. The Kier molecular flexibility index (Phi) is 4.38. The molecule has 0 fully saturated rings. The minimum absolute atomic E-state index is 0.458. The molecule has 2 aromatic carbocycles. The summed E-state index contributed by atoms with van der Waals surface area (Å²) < 4.78 is 26.5. The first kappa shape index (κ1) is 14.2. The van der Waals surface area contributed by atoms with E-state index in [1.807, 2.05) is 18.2 Å². The Labute approximate surface area is 123 Å². The van der Waals surface area contributed by atoms with Gasteiger partial charge in [-0.05, 0) is 44.8 Å². The van der Waals surface area contributed by atoms with Gasteiger partial charge in [0.1, 0.15) is 0 Å². The van der Waals surface area contributed by atoms with Gasteiger partial charge in [0.05, 0.1) is 0 Å². The molecule has 0 amide bonds. The van der Waals surface area contributed by atoms with Crippen LogP contribution in [0, 0.1) is 0 Å². The first-order valence-corrected chi connectivity index (χ1v) is 6.74. The third-order valence-electron chi connectivity index (χ3n) is 2.55. The van der Waals surface area contributed by atoms with E-state index in [2.05, 4.69) is 15.9 Å². The van der Waals surface area contributed by atoms with Crippen LogP contribution in [0.4, 0.5) is 8.78 Å². The van der Waals surface area contributed by atoms with Crippen LogP contribution in [0.1, 0.15) is 11.1 Å². The summed E-state index contributed by atoms with van der Waals surface area (Å²) in [6, 6.07) is 15.9. The Hall–Kier alpha value is -1.19. The zero-order valence-electron chi connectivity index (χ0n) is 9.79. The summed E-state index contributed by atoms with van der Waals surface area (Å²) in [7, 11) is 0. The molecule has 0 radical (unpaired) electrons. The molecule has 0 saturated heterocycles. The second-order valence-corrected chi connectivity index (χ2v) is 5.47. The van der Waals surface area contributed by atoms with Crippen molar-refractivity contribution in [3.8, 4) is 0 Å². The largest absolute Gasteiger partial charge is 0.320 e. The zero-order valence-corrected chi connectivity index (χ0v) is 12.1. The van der Waals surface area contributed by atoms with Gasteiger partial charge in [0.15, 0.2) is 0 Å². The Morgan fingerprint density at radius 3 is 2.00 bits per heavy atom. The zero-order chi connectivity index (χ0) is 13.9. The number of benzene rings is 2. The summed E-state index contributed by atoms with van der Waals surface area (Å²) in [6.07, 6.45) is 0.894. The highest BCUT2D eigenvalue weighted by molar-refractivity contribution is 9.10. The van der Waals surface area contributed by atoms with Gasteiger partial charge in [-0.15, -0.1) is 0 Å². The summed E-state index contributed by atoms with van der Waals surface area (Å²) in [4.78, 5) is -3.06. The molecule has 19 heavy (non-hydrogen) atoms. The van der Waals surface area contributed by atoms with Crippen molar-refractivity contribution >= 4 is 33.1 Å². The summed E-state index contributed by atoms with van der Waals surface area (Å²) >= 11 is 8.17. The van der Waals surface area contributed by atoms with Crippen LogP contribution in [0.3, 0.4) is 0 Å². The average molecular weight is 344 g/mol. The van der Waals surface area contributed by atoms with Crippen LogP contribution in [-0.4, -0.2) is 4.83 Å². The van der Waals surface area contributed by atoms with Gasteiger partial charge in [-0.3, -0.25) is 0 Å². The van der Waals surface area contributed by atoms with E-state index in [1.165, 1.54) is 0 Å². The maximum absolute atomic E-state index is 13.2. The molecule has 0 bridgehead atoms. The second-order valence-electron chi connectivity index (χ2n) is 3.97. The van der Waals surface area contributed by atoms with Crippen LogP contribution in [0.2, 0.25) is 5.02 Å². The smallest absolute Gasteiger partial charge is 0.189 e. The van der Waals surface area contributed by atoms with Crippen molar-refractivity contribution in [2.45, 2.75) is 4.83 Å². The Bertz CT molecular complexity index is 571. The summed E-state index contributed by atoms with van der Waals surface area (Å²) in [5.74, 6) is 0. The fourth-order valence-corrected chi connectivity index (χ4v) is 2.10. The normalized spacial score (nSPS) is 12.5. The Morgan fingerprint density at radius 2 is 1.47 bits per heavy atom. The van der Waals surface area contributed by atoms with Gasteiger partial charge in [-0.1, -0.05) is 54.1 Å². The summed E-state index contributed by atoms with van der Waals surface area (Å²) in [6.45, 7) is 0. The van der Waals surface area contributed by atoms with Gasteiger partial charge >= 0.3 is 4.83 Å². The lowest BCUT2D eigenvalue weighted by Crippen LogP contribution is -2.01. The van der Waals surface area contributed by atoms with Crippen LogP contribution in [0.15, 0.2) is 60.7 Å². The number of hydrogen-bond donors (Lipinski definition) is 0. The Morgan fingerprint density at radius 1 is 0.947 bits per heavy atom. The van der Waals surface area contributed by atoms with Gasteiger partial charge in [0, 0.05) is 11.1 Å². The molecule has 4 heteroatoms. The van der Waals surface area contributed by atoms with Crippen molar-refractivity contribution in [2.75, 3.05) is 0 Å². The van der Waals surface area contributed by atoms with Crippen molar-refractivity contribution in [3.63, 3.8) is 0 Å². The topological polar surface area (TPSA) is 0 Å². The molecule has 0 heterocycles. The van der Waals surface area contributed by atoms with Crippen molar-refractivity contribution in [2.24, 2.45) is 0 Å². The monoisotopic (exact) mass is 342 g/mol. The molecule has 0 aliphatic rings. The van der Waals surface area contributed by atoms with E-state index in [0.717, 1.165) is 11.6 Å². The highest BCUT2D eigenvalue weighted by Crippen LogP contribution is 2.32. The van der Waals surface area contributed by atoms with Crippen LogP contribution >= 0.6 is 27.5 Å². The fourth-order valence-electron chi connectivity index (χ4n) is 1.74. The van der Waals surface area contributed by atoms with Gasteiger partial charge < -0.3 is 0 Å². The maximum atomic E-state index is 13.2. The van der Waals surface area contributed by atoms with Crippen LogP contribution in [-0.2, 0) is 0 Å². The molecule has 2 rings (SSSR count). The second kappa shape index (κ2) is 5.85. The molecular weight excluding hydrogens is 334 g/mol. The van der Waals surface area contributed by atoms with Crippen molar-refractivity contribution in [1.82, 2.24) is 0 Å². The van der Waals surface area contributed by atoms with Crippen LogP contribution in [0.25, 0.3) is 5.57 Å². The van der Waals surface area contributed by atoms with Gasteiger partial charge in [0.25, 0.3) is 0 Å². The van der Waals surface area contributed by atoms with E-state index >= 15 is 0 Å². The first-order valence-electron chi connectivity index (χ1n) is 5.57. The van der Waals surface area contributed by atoms with Crippen molar-refractivity contribution < 1.29 is 8.78 Å². The molecule has 2 aromatic rings. The van der Waals surface area contributed by atoms with Crippen molar-refractivity contribution in [3.05, 3.63) is 76.8 Å². The lowest BCUT2D eigenvalue weighted by atomic mass is 9.98. The lowest BCUT2D eigenvalue weighted by Gasteiger charge is -2.11. The van der Waals surface area contributed by atoms with Crippen LogP contribution in [0.5, 0.6) is 0 Å². The van der Waals surface area contributed by atoms with Gasteiger partial charge in [0.2, 0.25) is 0 Å². The molecule has 0 aliphatic carbocycles. The minimum Gasteiger partial charge on any atom is -0.189 e. The average Bonchev–Trinajstić information content (AvgIpc) is 2.37. The SMILES string of the molecule is FC(F)(Br)/C=C(/c1ccccc1)c1ccc(Cl)cc1. The summed E-state index contributed by atoms with van der Waals surface area (Å²) in [5, 5.41) is 0.571. The highest BCUT2D eigenvalue weighted by atomic mass is 79.9. The number of allylic oxidation sites excluding steroid dienone is 1. The van der Waals surface area contributed by atoms with E-state index in [1.54, 1.807) is 36.4 Å². The summed E-state index contributed by atoms with van der Waals surface area (Å²) in [5.41, 5.74) is 1.87. The van der Waals surface area contributed by atoms with E-state index in [0.29, 0.717) is 16.2 Å². The molecule has 0 aliphatic heterocycles. The minimum atomic E-state index is -3.06. The molecule has 0 spiro atoms. The maximum Gasteiger partial charge on any atom is 0.320 e. The van der Waals surface area contributed by atoms with E-state index < -0.39 is 4.83 Å². The number of rotatable bonds is 3. The van der Waals surface area contributed by atoms with Gasteiger partial charge in [-0.25, -0.2) is 0 Å². The number of halogens is 4. The predicted molar refractivity (Wildman–Crippen MR) is 78.8 cm³/mol. The van der Waals surface area contributed by atoms with Crippen molar-refractivity contribution in [1.29, 1.82) is 0 Å². The number of hydrogen-bond acceptors (Lipinski definition) is 0. The van der Waals surface area contributed by atoms with E-state index in [-0.39, 0.29) is 0 Å². The molecule has 0 N–H and O–H groups in total. The highest BCUT2D eigenvalue weighted by Gasteiger charge is 2.22. The standard InChI is InChI=1S/C15H10BrClF2/c16-15(18,19)10-14(11-4-2-1-3-5-11)12-6-8-13(17)9-7-12/h1-10H/b14-10-. The third kappa shape index (κ3) is 4.15. The molecular formula is C15H10BrClF2. The molecule has 98 valence electrons. The molecule has 0 saturated carbocycles. The van der Waals surface area contributed by atoms with E-state index in [4.69, 9.17) is 11.6 Å². The molecule has 0 nitrogen and oxygen atoms in total. The lowest BCUT2D eigenvalue weighted by molar-refractivity contribution is 0.172. The Balaban J connectivity index is 2.53. The predicted octanol–water partition coefficient (Wildman–Crippen LogP) is 5.76. The van der Waals surface area contributed by atoms with Crippen LogP contribution < -0.4 is 0 Å². The van der Waals surface area contributed by atoms with E-state index in [9.17, 15) is 8.78 Å².